The first-order valence-corrected chi connectivity index (χ1v) is 11.2. The van der Waals surface area contributed by atoms with Gasteiger partial charge < -0.3 is 9.64 Å². The van der Waals surface area contributed by atoms with Crippen LogP contribution in [0.2, 0.25) is 10.0 Å². The number of sulfone groups is 1. The second-order valence-electron chi connectivity index (χ2n) is 6.65. The van der Waals surface area contributed by atoms with Crippen LogP contribution in [0.1, 0.15) is 24.8 Å². The SMILES string of the molecule is O=C(C=Cc1c(Cl)cccc1Cl)N(CC1CCCO1)C1CCS(=O)(=O)C1. The molecule has 142 valence electrons. The predicted octanol–water partition coefficient (Wildman–Crippen LogP) is 3.20. The molecule has 1 aromatic carbocycles. The highest BCUT2D eigenvalue weighted by Crippen LogP contribution is 2.26. The number of ether oxygens (including phenoxy) is 1. The van der Waals surface area contributed by atoms with E-state index in [0.717, 1.165) is 12.8 Å². The van der Waals surface area contributed by atoms with Crippen molar-refractivity contribution in [3.63, 3.8) is 0 Å². The van der Waals surface area contributed by atoms with Crippen molar-refractivity contribution >= 4 is 45.0 Å². The summed E-state index contributed by atoms with van der Waals surface area (Å²) in [5.74, 6) is -0.127. The van der Waals surface area contributed by atoms with Gasteiger partial charge >= 0.3 is 0 Å². The number of amides is 1. The van der Waals surface area contributed by atoms with Crippen LogP contribution < -0.4 is 0 Å². The van der Waals surface area contributed by atoms with Crippen LogP contribution in [0.3, 0.4) is 0 Å². The molecular weight excluding hydrogens is 397 g/mol. The molecule has 2 aliphatic rings. The average molecular weight is 418 g/mol. The van der Waals surface area contributed by atoms with Gasteiger partial charge in [-0.3, -0.25) is 4.79 Å². The van der Waals surface area contributed by atoms with Gasteiger partial charge in [-0.25, -0.2) is 8.42 Å². The maximum atomic E-state index is 12.8. The molecule has 0 saturated carbocycles. The number of carbonyl (C=O) groups is 1. The van der Waals surface area contributed by atoms with Gasteiger partial charge in [-0.15, -0.1) is 0 Å². The Morgan fingerprint density at radius 2 is 2.00 bits per heavy atom. The Morgan fingerprint density at radius 3 is 2.58 bits per heavy atom. The maximum absolute atomic E-state index is 12.8. The van der Waals surface area contributed by atoms with E-state index in [-0.39, 0.29) is 29.6 Å². The second-order valence-corrected chi connectivity index (χ2v) is 9.69. The summed E-state index contributed by atoms with van der Waals surface area (Å²) >= 11 is 12.3. The van der Waals surface area contributed by atoms with E-state index in [0.29, 0.717) is 35.2 Å². The molecule has 3 rings (SSSR count). The highest BCUT2D eigenvalue weighted by molar-refractivity contribution is 7.91. The van der Waals surface area contributed by atoms with Gasteiger partial charge in [0.1, 0.15) is 0 Å². The fourth-order valence-corrected chi connectivity index (χ4v) is 5.62. The van der Waals surface area contributed by atoms with Crippen molar-refractivity contribution in [3.8, 4) is 0 Å². The summed E-state index contributed by atoms with van der Waals surface area (Å²) in [5.41, 5.74) is 0.570. The minimum Gasteiger partial charge on any atom is -0.376 e. The lowest BCUT2D eigenvalue weighted by Gasteiger charge is -2.29. The molecular formula is C18H21Cl2NO4S. The first kappa shape index (κ1) is 19.7. The average Bonchev–Trinajstić information content (AvgIpc) is 3.21. The van der Waals surface area contributed by atoms with Gasteiger partial charge in [0.05, 0.1) is 17.6 Å². The normalized spacial score (nSPS) is 25.0. The standard InChI is InChI=1S/C18H21Cl2NO4S/c19-16-4-1-5-17(20)15(16)6-7-18(22)21(11-14-3-2-9-25-14)13-8-10-26(23,24)12-13/h1,4-7,13-14H,2-3,8-12H2. The molecule has 8 heteroatoms. The van der Waals surface area contributed by atoms with E-state index >= 15 is 0 Å². The number of carbonyl (C=O) groups excluding carboxylic acids is 1. The van der Waals surface area contributed by atoms with Gasteiger partial charge in [-0.1, -0.05) is 29.3 Å². The molecule has 2 fully saturated rings. The van der Waals surface area contributed by atoms with Gasteiger partial charge in [0.2, 0.25) is 5.91 Å². The zero-order valence-corrected chi connectivity index (χ0v) is 16.6. The Labute approximate surface area is 163 Å². The second kappa shape index (κ2) is 8.30. The molecule has 5 nitrogen and oxygen atoms in total. The molecule has 2 aliphatic heterocycles. The molecule has 2 atom stereocenters. The Kier molecular flexibility index (Phi) is 6.28. The van der Waals surface area contributed by atoms with Crippen molar-refractivity contribution in [2.24, 2.45) is 0 Å². The van der Waals surface area contributed by atoms with Crippen LogP contribution in [-0.2, 0) is 19.4 Å². The van der Waals surface area contributed by atoms with Crippen molar-refractivity contribution in [1.82, 2.24) is 4.90 Å². The lowest BCUT2D eigenvalue weighted by Crippen LogP contribution is -2.44. The van der Waals surface area contributed by atoms with Crippen molar-refractivity contribution in [2.45, 2.75) is 31.4 Å². The summed E-state index contributed by atoms with van der Waals surface area (Å²) in [6.45, 7) is 1.08. The molecule has 0 aromatic heterocycles. The fourth-order valence-electron chi connectivity index (χ4n) is 3.37. The lowest BCUT2D eigenvalue weighted by atomic mass is 10.1. The van der Waals surface area contributed by atoms with Crippen molar-refractivity contribution in [3.05, 3.63) is 39.9 Å². The third-order valence-corrected chi connectivity index (χ3v) is 7.16. The molecule has 2 unspecified atom stereocenters. The molecule has 26 heavy (non-hydrogen) atoms. The van der Waals surface area contributed by atoms with Crippen LogP contribution in [0.15, 0.2) is 24.3 Å². The summed E-state index contributed by atoms with van der Waals surface area (Å²) in [5, 5.41) is 0.909. The largest absolute Gasteiger partial charge is 0.376 e. The van der Waals surface area contributed by atoms with Gasteiger partial charge in [0, 0.05) is 40.9 Å². The molecule has 0 bridgehead atoms. The summed E-state index contributed by atoms with van der Waals surface area (Å²) in [4.78, 5) is 14.5. The third-order valence-electron chi connectivity index (χ3n) is 4.75. The Morgan fingerprint density at radius 1 is 1.27 bits per heavy atom. The highest BCUT2D eigenvalue weighted by Gasteiger charge is 2.35. The zero-order valence-electron chi connectivity index (χ0n) is 14.2. The van der Waals surface area contributed by atoms with Crippen LogP contribution in [0.5, 0.6) is 0 Å². The molecule has 0 N–H and O–H groups in total. The summed E-state index contributed by atoms with van der Waals surface area (Å²) in [6, 6.07) is 4.82. The summed E-state index contributed by atoms with van der Waals surface area (Å²) in [7, 11) is -3.09. The van der Waals surface area contributed by atoms with E-state index in [1.807, 2.05) is 0 Å². The van der Waals surface area contributed by atoms with Gasteiger partial charge in [0.25, 0.3) is 0 Å². The lowest BCUT2D eigenvalue weighted by molar-refractivity contribution is -0.129. The number of halogens is 2. The predicted molar refractivity (Wildman–Crippen MR) is 103 cm³/mol. The van der Waals surface area contributed by atoms with Crippen LogP contribution in [0.4, 0.5) is 0 Å². The van der Waals surface area contributed by atoms with Crippen LogP contribution in [0, 0.1) is 0 Å². The number of rotatable bonds is 5. The topological polar surface area (TPSA) is 63.7 Å². The van der Waals surface area contributed by atoms with E-state index in [1.165, 1.54) is 6.08 Å². The Balaban J connectivity index is 1.78. The monoisotopic (exact) mass is 417 g/mol. The third kappa shape index (κ3) is 4.80. The maximum Gasteiger partial charge on any atom is 0.246 e. The van der Waals surface area contributed by atoms with E-state index in [9.17, 15) is 13.2 Å². The van der Waals surface area contributed by atoms with Crippen molar-refractivity contribution in [1.29, 1.82) is 0 Å². The number of hydrogen-bond donors (Lipinski definition) is 0. The number of benzene rings is 1. The molecule has 1 amide bonds. The minimum atomic E-state index is -3.09. The number of hydrogen-bond acceptors (Lipinski definition) is 4. The summed E-state index contributed by atoms with van der Waals surface area (Å²) < 4.78 is 29.3. The molecule has 0 spiro atoms. The van der Waals surface area contributed by atoms with E-state index in [2.05, 4.69) is 0 Å². The minimum absolute atomic E-state index is 0.00610. The van der Waals surface area contributed by atoms with Crippen LogP contribution in [-0.4, -0.2) is 56.0 Å². The van der Waals surface area contributed by atoms with Crippen LogP contribution in [0.25, 0.3) is 6.08 Å². The first-order valence-electron chi connectivity index (χ1n) is 8.60. The fraction of sp³-hybridized carbons (Fsp3) is 0.500. The van der Waals surface area contributed by atoms with Gasteiger partial charge in [0.15, 0.2) is 9.84 Å². The molecule has 2 heterocycles. The smallest absolute Gasteiger partial charge is 0.246 e. The van der Waals surface area contributed by atoms with E-state index in [4.69, 9.17) is 27.9 Å². The Hall–Kier alpha value is -1.08. The molecule has 2 saturated heterocycles. The van der Waals surface area contributed by atoms with Crippen molar-refractivity contribution < 1.29 is 17.9 Å². The Bertz CT molecular complexity index is 783. The molecule has 1 aromatic rings. The molecule has 0 aliphatic carbocycles. The van der Waals surface area contributed by atoms with E-state index < -0.39 is 9.84 Å². The number of nitrogens with zero attached hydrogens (tertiary/aromatic N) is 1. The molecule has 0 radical (unpaired) electrons. The van der Waals surface area contributed by atoms with Crippen molar-refractivity contribution in [2.75, 3.05) is 24.7 Å². The van der Waals surface area contributed by atoms with E-state index in [1.54, 1.807) is 29.2 Å². The zero-order chi connectivity index (χ0) is 18.7. The quantitative estimate of drug-likeness (QED) is 0.689. The van der Waals surface area contributed by atoms with Gasteiger partial charge in [-0.05, 0) is 37.5 Å². The van der Waals surface area contributed by atoms with Crippen LogP contribution >= 0.6 is 23.2 Å². The summed E-state index contributed by atoms with van der Waals surface area (Å²) in [6.07, 6.45) is 5.25. The highest BCUT2D eigenvalue weighted by atomic mass is 35.5. The first-order chi connectivity index (χ1) is 12.4. The van der Waals surface area contributed by atoms with Gasteiger partial charge in [-0.2, -0.15) is 0 Å².